The van der Waals surface area contributed by atoms with Crippen LogP contribution in [0.5, 0.6) is 0 Å². The molecule has 2 rings (SSSR count). The van der Waals surface area contributed by atoms with Gasteiger partial charge in [-0.2, -0.15) is 5.10 Å². The van der Waals surface area contributed by atoms with Crippen LogP contribution in [0, 0.1) is 0 Å². The fraction of sp³-hybridized carbons (Fsp3) is 0.714. The van der Waals surface area contributed by atoms with Gasteiger partial charge in [0, 0.05) is 19.1 Å². The highest BCUT2D eigenvalue weighted by atomic mass is 35.5. The van der Waals surface area contributed by atoms with Crippen LogP contribution in [0.25, 0.3) is 0 Å². The largest absolute Gasteiger partial charge is 0.394 e. The second-order valence-electron chi connectivity index (χ2n) is 5.31. The molecule has 21 heavy (non-hydrogen) atoms. The Kier molecular flexibility index (Phi) is 6.02. The number of hydrogen-bond acceptors (Lipinski definition) is 5. The molecule has 0 radical (unpaired) electrons. The molecule has 0 aromatic carbocycles. The average Bonchev–Trinajstić information content (AvgIpc) is 2.51. The van der Waals surface area contributed by atoms with Gasteiger partial charge in [-0.05, 0) is 25.8 Å². The predicted octanol–water partition coefficient (Wildman–Crippen LogP) is 0.857. The average molecular weight is 315 g/mol. The molecule has 0 amide bonds. The zero-order valence-corrected chi connectivity index (χ0v) is 13.1. The number of halogens is 1. The van der Waals surface area contributed by atoms with E-state index in [1.165, 1.54) is 4.68 Å². The summed E-state index contributed by atoms with van der Waals surface area (Å²) < 4.78 is 1.20. The van der Waals surface area contributed by atoms with Crippen LogP contribution in [0.2, 0.25) is 5.02 Å². The van der Waals surface area contributed by atoms with Gasteiger partial charge in [-0.1, -0.05) is 18.5 Å². The van der Waals surface area contributed by atoms with E-state index in [9.17, 15) is 4.79 Å². The number of anilines is 1. The lowest BCUT2D eigenvalue weighted by atomic mass is 10.0. The van der Waals surface area contributed by atoms with Crippen molar-refractivity contribution in [2.24, 2.45) is 0 Å². The van der Waals surface area contributed by atoms with Crippen molar-refractivity contribution in [3.8, 4) is 0 Å². The second kappa shape index (κ2) is 7.77. The molecular formula is C14H23ClN4O2. The van der Waals surface area contributed by atoms with Crippen LogP contribution in [-0.2, 0) is 6.54 Å². The normalized spacial score (nSPS) is 16.4. The predicted molar refractivity (Wildman–Crippen MR) is 84.1 cm³/mol. The van der Waals surface area contributed by atoms with Gasteiger partial charge in [0.1, 0.15) is 5.02 Å². The van der Waals surface area contributed by atoms with Crippen molar-refractivity contribution in [2.75, 3.05) is 31.1 Å². The van der Waals surface area contributed by atoms with Crippen molar-refractivity contribution in [3.63, 3.8) is 0 Å². The molecule has 7 heteroatoms. The van der Waals surface area contributed by atoms with E-state index < -0.39 is 0 Å². The van der Waals surface area contributed by atoms with Crippen LogP contribution in [-0.4, -0.2) is 47.2 Å². The van der Waals surface area contributed by atoms with Crippen LogP contribution < -0.4 is 15.8 Å². The SMILES string of the molecule is CCCNC1CCN(c2cnn(CCO)c(=O)c2Cl)CC1. The van der Waals surface area contributed by atoms with Crippen LogP contribution >= 0.6 is 11.6 Å². The van der Waals surface area contributed by atoms with E-state index in [0.29, 0.717) is 11.7 Å². The Morgan fingerprint density at radius 1 is 1.48 bits per heavy atom. The minimum Gasteiger partial charge on any atom is -0.394 e. The molecule has 1 aromatic heterocycles. The quantitative estimate of drug-likeness (QED) is 0.815. The minimum atomic E-state index is -0.338. The maximum atomic E-state index is 12.0. The Morgan fingerprint density at radius 3 is 2.81 bits per heavy atom. The zero-order valence-electron chi connectivity index (χ0n) is 12.4. The number of piperidine rings is 1. The van der Waals surface area contributed by atoms with Crippen molar-refractivity contribution >= 4 is 17.3 Å². The zero-order chi connectivity index (χ0) is 15.2. The first-order valence-electron chi connectivity index (χ1n) is 7.52. The van der Waals surface area contributed by atoms with Gasteiger partial charge in [-0.15, -0.1) is 0 Å². The van der Waals surface area contributed by atoms with Crippen molar-refractivity contribution in [2.45, 2.75) is 38.8 Å². The van der Waals surface area contributed by atoms with Gasteiger partial charge in [0.15, 0.2) is 0 Å². The number of aliphatic hydroxyl groups excluding tert-OH is 1. The van der Waals surface area contributed by atoms with Crippen molar-refractivity contribution in [3.05, 3.63) is 21.6 Å². The third kappa shape index (κ3) is 3.96. The molecule has 0 saturated carbocycles. The summed E-state index contributed by atoms with van der Waals surface area (Å²) in [6.07, 6.45) is 4.84. The second-order valence-corrected chi connectivity index (χ2v) is 5.69. The maximum Gasteiger partial charge on any atom is 0.287 e. The molecule has 2 heterocycles. The first-order valence-corrected chi connectivity index (χ1v) is 7.90. The Labute approximate surface area is 129 Å². The molecule has 1 aromatic rings. The molecule has 0 bridgehead atoms. The Hall–Kier alpha value is -1.11. The van der Waals surface area contributed by atoms with E-state index in [1.807, 2.05) is 0 Å². The lowest BCUT2D eigenvalue weighted by Crippen LogP contribution is -2.43. The summed E-state index contributed by atoms with van der Waals surface area (Å²) in [6.45, 7) is 4.98. The highest BCUT2D eigenvalue weighted by molar-refractivity contribution is 6.33. The van der Waals surface area contributed by atoms with E-state index in [4.69, 9.17) is 16.7 Å². The summed E-state index contributed by atoms with van der Waals surface area (Å²) in [5.74, 6) is 0. The minimum absolute atomic E-state index is 0.128. The van der Waals surface area contributed by atoms with E-state index >= 15 is 0 Å². The molecule has 6 nitrogen and oxygen atoms in total. The molecule has 1 aliphatic heterocycles. The molecule has 0 spiro atoms. The lowest BCUT2D eigenvalue weighted by Gasteiger charge is -2.34. The first-order chi connectivity index (χ1) is 10.2. The highest BCUT2D eigenvalue weighted by Gasteiger charge is 2.22. The van der Waals surface area contributed by atoms with Crippen molar-refractivity contribution in [1.82, 2.24) is 15.1 Å². The van der Waals surface area contributed by atoms with Gasteiger partial charge >= 0.3 is 0 Å². The monoisotopic (exact) mass is 314 g/mol. The van der Waals surface area contributed by atoms with Crippen molar-refractivity contribution in [1.29, 1.82) is 0 Å². The van der Waals surface area contributed by atoms with Crippen LogP contribution in [0.15, 0.2) is 11.0 Å². The third-order valence-electron chi connectivity index (χ3n) is 3.80. The molecule has 118 valence electrons. The van der Waals surface area contributed by atoms with Crippen LogP contribution in [0.1, 0.15) is 26.2 Å². The Balaban J connectivity index is 2.03. The molecular weight excluding hydrogens is 292 g/mol. The molecule has 1 saturated heterocycles. The highest BCUT2D eigenvalue weighted by Crippen LogP contribution is 2.24. The topological polar surface area (TPSA) is 70.4 Å². The standard InChI is InChI=1S/C14H23ClN4O2/c1-2-5-16-11-3-6-18(7-4-11)12-10-17-19(8-9-20)14(21)13(12)15/h10-11,16,20H,2-9H2,1H3. The van der Waals surface area contributed by atoms with Gasteiger partial charge in [-0.25, -0.2) is 4.68 Å². The van der Waals surface area contributed by atoms with E-state index in [-0.39, 0.29) is 23.7 Å². The van der Waals surface area contributed by atoms with E-state index in [2.05, 4.69) is 22.2 Å². The molecule has 0 aliphatic carbocycles. The Morgan fingerprint density at radius 2 is 2.19 bits per heavy atom. The van der Waals surface area contributed by atoms with E-state index in [0.717, 1.165) is 38.9 Å². The van der Waals surface area contributed by atoms with Crippen LogP contribution in [0.4, 0.5) is 5.69 Å². The van der Waals surface area contributed by atoms with Crippen molar-refractivity contribution < 1.29 is 5.11 Å². The van der Waals surface area contributed by atoms with Gasteiger partial charge in [0.05, 0.1) is 25.0 Å². The van der Waals surface area contributed by atoms with Crippen LogP contribution in [0.3, 0.4) is 0 Å². The fourth-order valence-corrected chi connectivity index (χ4v) is 2.87. The van der Waals surface area contributed by atoms with Gasteiger partial charge in [0.2, 0.25) is 0 Å². The summed E-state index contributed by atoms with van der Waals surface area (Å²) >= 11 is 6.18. The van der Waals surface area contributed by atoms with E-state index in [1.54, 1.807) is 6.20 Å². The maximum absolute atomic E-state index is 12.0. The summed E-state index contributed by atoms with van der Waals surface area (Å²) in [4.78, 5) is 14.2. The summed E-state index contributed by atoms with van der Waals surface area (Å²) in [7, 11) is 0. The summed E-state index contributed by atoms with van der Waals surface area (Å²) in [5, 5.41) is 16.7. The number of nitrogens with one attached hydrogen (secondary N) is 1. The summed E-state index contributed by atoms with van der Waals surface area (Å²) in [5.41, 5.74) is 0.360. The number of nitrogens with zero attached hydrogens (tertiary/aromatic N) is 3. The molecule has 0 atom stereocenters. The van der Waals surface area contributed by atoms with Gasteiger partial charge in [0.25, 0.3) is 5.56 Å². The summed E-state index contributed by atoms with van der Waals surface area (Å²) in [6, 6.07) is 0.544. The first kappa shape index (κ1) is 16.3. The molecule has 1 aliphatic rings. The number of aromatic nitrogens is 2. The molecule has 1 fully saturated rings. The van der Waals surface area contributed by atoms with Gasteiger partial charge in [-0.3, -0.25) is 4.79 Å². The Bertz CT molecular complexity index is 512. The molecule has 2 N–H and O–H groups in total. The fourth-order valence-electron chi connectivity index (χ4n) is 2.60. The van der Waals surface area contributed by atoms with Gasteiger partial charge < -0.3 is 15.3 Å². The number of hydrogen-bond donors (Lipinski definition) is 2. The number of rotatable bonds is 6. The molecule has 0 unspecified atom stereocenters. The number of aliphatic hydroxyl groups is 1. The smallest absolute Gasteiger partial charge is 0.287 e. The third-order valence-corrected chi connectivity index (χ3v) is 4.15. The lowest BCUT2D eigenvalue weighted by molar-refractivity contribution is 0.266.